The average Bonchev–Trinajstić information content (AvgIpc) is 3.03. The van der Waals surface area contributed by atoms with E-state index in [0.29, 0.717) is 25.8 Å². The van der Waals surface area contributed by atoms with Crippen LogP contribution in [0.1, 0.15) is 43.7 Å². The second kappa shape index (κ2) is 9.90. The molecule has 3 rings (SSSR count). The Balaban J connectivity index is 1.73. The number of nitrogens with one attached hydrogen (secondary N) is 1. The highest BCUT2D eigenvalue weighted by molar-refractivity contribution is 6.05. The minimum Gasteiger partial charge on any atom is -0.357 e. The third-order valence-electron chi connectivity index (χ3n) is 6.25. The van der Waals surface area contributed by atoms with Gasteiger partial charge in [-0.15, -0.1) is 0 Å². The van der Waals surface area contributed by atoms with Crippen molar-refractivity contribution in [2.24, 2.45) is 11.8 Å². The molecule has 7 heteroatoms. The van der Waals surface area contributed by atoms with E-state index in [9.17, 15) is 19.2 Å². The summed E-state index contributed by atoms with van der Waals surface area (Å²) in [5.41, 5.74) is 2.04. The second-order valence-electron chi connectivity index (χ2n) is 8.28. The zero-order valence-electron chi connectivity index (χ0n) is 18.5. The molecule has 31 heavy (non-hydrogen) atoms. The van der Waals surface area contributed by atoms with Gasteiger partial charge in [-0.1, -0.05) is 48.9 Å². The Kier molecular flexibility index (Phi) is 7.25. The summed E-state index contributed by atoms with van der Waals surface area (Å²) in [6.45, 7) is 4.20. The molecule has 1 aliphatic carbocycles. The van der Waals surface area contributed by atoms with Gasteiger partial charge in [0, 0.05) is 26.6 Å². The first-order valence-electron chi connectivity index (χ1n) is 10.9. The topological polar surface area (TPSA) is 86.8 Å². The van der Waals surface area contributed by atoms with Crippen molar-refractivity contribution in [3.05, 3.63) is 47.5 Å². The molecule has 0 bridgehead atoms. The van der Waals surface area contributed by atoms with E-state index in [0.717, 1.165) is 11.1 Å². The number of carbonyl (C=O) groups is 4. The molecule has 0 spiro atoms. The number of likely N-dealkylation sites (N-methyl/N-ethyl adjacent to an activating group) is 1. The number of aryl methyl sites for hydroxylation is 1. The van der Waals surface area contributed by atoms with Crippen LogP contribution >= 0.6 is 0 Å². The van der Waals surface area contributed by atoms with Crippen molar-refractivity contribution in [3.63, 3.8) is 0 Å². The summed E-state index contributed by atoms with van der Waals surface area (Å²) in [6, 6.07) is 7.21. The quantitative estimate of drug-likeness (QED) is 0.511. The third-order valence-corrected chi connectivity index (χ3v) is 6.25. The summed E-state index contributed by atoms with van der Waals surface area (Å²) >= 11 is 0. The molecule has 1 aliphatic heterocycles. The van der Waals surface area contributed by atoms with Gasteiger partial charge in [-0.3, -0.25) is 24.1 Å². The van der Waals surface area contributed by atoms with Gasteiger partial charge in [0.25, 0.3) is 0 Å². The number of fused-ring (bicyclic) bond motifs is 1. The number of amides is 4. The summed E-state index contributed by atoms with van der Waals surface area (Å²) in [5.74, 6) is -1.44. The fourth-order valence-electron chi connectivity index (χ4n) is 4.42. The molecule has 1 aromatic carbocycles. The normalized spacial score (nSPS) is 21.1. The molecule has 0 saturated carbocycles. The Labute approximate surface area is 183 Å². The lowest BCUT2D eigenvalue weighted by Crippen LogP contribution is -2.49. The highest BCUT2D eigenvalue weighted by atomic mass is 16.2. The van der Waals surface area contributed by atoms with Crippen LogP contribution in [-0.4, -0.2) is 53.1 Å². The van der Waals surface area contributed by atoms with E-state index >= 15 is 0 Å². The van der Waals surface area contributed by atoms with E-state index in [1.807, 2.05) is 50.3 Å². The number of rotatable bonds is 8. The van der Waals surface area contributed by atoms with Gasteiger partial charge in [-0.2, -0.15) is 0 Å². The van der Waals surface area contributed by atoms with Gasteiger partial charge in [-0.25, -0.2) is 0 Å². The van der Waals surface area contributed by atoms with Crippen molar-refractivity contribution in [2.45, 2.75) is 52.1 Å². The van der Waals surface area contributed by atoms with E-state index < -0.39 is 6.04 Å². The van der Waals surface area contributed by atoms with Gasteiger partial charge < -0.3 is 10.2 Å². The third kappa shape index (κ3) is 4.86. The fourth-order valence-corrected chi connectivity index (χ4v) is 4.42. The molecule has 2 aliphatic rings. The maximum absolute atomic E-state index is 13.2. The standard InChI is InChI=1S/C24H31N3O4/c1-4-20(22(29)25-3)27(15-17-11-9-16(2)10-12-17)21(28)13-14-26-23(30)18-7-5-6-8-19(18)24(26)31/h5-6,9-12,18-20H,4,7-8,13-15H2,1-3H3,(H,25,29)/t18-,19+,20?. The van der Waals surface area contributed by atoms with Crippen LogP contribution in [0.25, 0.3) is 0 Å². The number of likely N-dealkylation sites (tertiary alicyclic amines) is 1. The number of nitrogens with zero attached hydrogens (tertiary/aromatic N) is 2. The number of benzene rings is 1. The van der Waals surface area contributed by atoms with Crippen molar-refractivity contribution in [3.8, 4) is 0 Å². The van der Waals surface area contributed by atoms with E-state index in [4.69, 9.17) is 0 Å². The SMILES string of the molecule is CCC(C(=O)NC)N(Cc1ccc(C)cc1)C(=O)CCN1C(=O)[C@H]2CC=CC[C@H]2C1=O. The van der Waals surface area contributed by atoms with Crippen LogP contribution in [0, 0.1) is 18.8 Å². The summed E-state index contributed by atoms with van der Waals surface area (Å²) in [4.78, 5) is 53.8. The molecule has 1 heterocycles. The molecular formula is C24H31N3O4. The van der Waals surface area contributed by atoms with Crippen LogP contribution in [0.15, 0.2) is 36.4 Å². The zero-order valence-corrected chi connectivity index (χ0v) is 18.5. The van der Waals surface area contributed by atoms with Crippen molar-refractivity contribution < 1.29 is 19.2 Å². The Morgan fingerprint density at radius 3 is 2.19 bits per heavy atom. The molecular weight excluding hydrogens is 394 g/mol. The van der Waals surface area contributed by atoms with Crippen LogP contribution in [0.2, 0.25) is 0 Å². The maximum atomic E-state index is 13.2. The van der Waals surface area contributed by atoms with Gasteiger partial charge in [0.2, 0.25) is 23.6 Å². The van der Waals surface area contributed by atoms with Gasteiger partial charge in [0.15, 0.2) is 0 Å². The first kappa shape index (κ1) is 22.7. The predicted molar refractivity (Wildman–Crippen MR) is 117 cm³/mol. The van der Waals surface area contributed by atoms with E-state index in [1.54, 1.807) is 11.9 Å². The van der Waals surface area contributed by atoms with Gasteiger partial charge in [0.1, 0.15) is 6.04 Å². The first-order chi connectivity index (χ1) is 14.9. The van der Waals surface area contributed by atoms with Gasteiger partial charge >= 0.3 is 0 Å². The molecule has 7 nitrogen and oxygen atoms in total. The van der Waals surface area contributed by atoms with Crippen LogP contribution in [0.3, 0.4) is 0 Å². The van der Waals surface area contributed by atoms with Crippen LogP contribution < -0.4 is 5.32 Å². The minimum absolute atomic E-state index is 0.00367. The van der Waals surface area contributed by atoms with E-state index in [-0.39, 0.29) is 48.4 Å². The van der Waals surface area contributed by atoms with Gasteiger partial charge in [0.05, 0.1) is 11.8 Å². The number of carbonyl (C=O) groups excluding carboxylic acids is 4. The van der Waals surface area contributed by atoms with Crippen LogP contribution in [0.4, 0.5) is 0 Å². The Hall–Kier alpha value is -2.96. The lowest BCUT2D eigenvalue weighted by Gasteiger charge is -2.31. The van der Waals surface area contributed by atoms with Crippen molar-refractivity contribution >= 4 is 23.6 Å². The van der Waals surface area contributed by atoms with E-state index in [1.165, 1.54) is 4.90 Å². The number of imide groups is 1. The monoisotopic (exact) mass is 425 g/mol. The van der Waals surface area contributed by atoms with Crippen molar-refractivity contribution in [1.82, 2.24) is 15.1 Å². The van der Waals surface area contributed by atoms with Crippen molar-refractivity contribution in [1.29, 1.82) is 0 Å². The van der Waals surface area contributed by atoms with Gasteiger partial charge in [-0.05, 0) is 31.7 Å². The molecule has 0 aromatic heterocycles. The van der Waals surface area contributed by atoms with E-state index in [2.05, 4.69) is 5.32 Å². The number of hydrogen-bond acceptors (Lipinski definition) is 4. The largest absolute Gasteiger partial charge is 0.357 e. The molecule has 1 N–H and O–H groups in total. The Morgan fingerprint density at radius 1 is 1.10 bits per heavy atom. The molecule has 166 valence electrons. The summed E-state index contributed by atoms with van der Waals surface area (Å²) in [6.07, 6.45) is 5.51. The number of hydrogen-bond donors (Lipinski definition) is 1. The fraction of sp³-hybridized carbons (Fsp3) is 0.500. The Morgan fingerprint density at radius 2 is 1.68 bits per heavy atom. The summed E-state index contributed by atoms with van der Waals surface area (Å²) in [5, 5.41) is 2.63. The molecule has 1 aromatic rings. The molecule has 1 saturated heterocycles. The first-order valence-corrected chi connectivity index (χ1v) is 10.9. The summed E-state index contributed by atoms with van der Waals surface area (Å²) < 4.78 is 0. The molecule has 1 unspecified atom stereocenters. The summed E-state index contributed by atoms with van der Waals surface area (Å²) in [7, 11) is 1.55. The highest BCUT2D eigenvalue weighted by Gasteiger charge is 2.47. The highest BCUT2D eigenvalue weighted by Crippen LogP contribution is 2.35. The second-order valence-corrected chi connectivity index (χ2v) is 8.28. The number of allylic oxidation sites excluding steroid dienone is 2. The predicted octanol–water partition coefficient (Wildman–Crippen LogP) is 2.19. The van der Waals surface area contributed by atoms with Crippen LogP contribution in [0.5, 0.6) is 0 Å². The molecule has 1 fully saturated rings. The smallest absolute Gasteiger partial charge is 0.242 e. The van der Waals surface area contributed by atoms with Crippen molar-refractivity contribution in [2.75, 3.05) is 13.6 Å². The molecule has 4 amide bonds. The Bertz CT molecular complexity index is 851. The maximum Gasteiger partial charge on any atom is 0.242 e. The lowest BCUT2D eigenvalue weighted by atomic mass is 9.85. The lowest BCUT2D eigenvalue weighted by molar-refractivity contribution is -0.144. The molecule has 0 radical (unpaired) electrons. The molecule has 3 atom stereocenters. The van der Waals surface area contributed by atoms with Crippen LogP contribution in [-0.2, 0) is 25.7 Å². The average molecular weight is 426 g/mol. The zero-order chi connectivity index (χ0) is 22.5. The minimum atomic E-state index is -0.615.